The number of halogens is 2. The maximum absolute atomic E-state index is 11.7. The number of benzene rings is 1. The molecule has 1 aliphatic heterocycles. The lowest BCUT2D eigenvalue weighted by Crippen LogP contribution is -2.37. The predicted molar refractivity (Wildman–Crippen MR) is 87.1 cm³/mol. The van der Waals surface area contributed by atoms with Crippen LogP contribution in [0, 0.1) is 0 Å². The minimum absolute atomic E-state index is 0.210. The maximum Gasteiger partial charge on any atom is 0.315 e. The number of nitrogens with zero attached hydrogens (tertiary/aromatic N) is 1. The summed E-state index contributed by atoms with van der Waals surface area (Å²) < 4.78 is 0. The summed E-state index contributed by atoms with van der Waals surface area (Å²) in [6, 6.07) is 4.91. The van der Waals surface area contributed by atoms with E-state index < -0.39 is 0 Å². The van der Waals surface area contributed by atoms with E-state index >= 15 is 0 Å². The lowest BCUT2D eigenvalue weighted by molar-refractivity contribution is -0.127. The number of rotatable bonds is 6. The average molecular weight is 344 g/mol. The molecule has 1 aromatic carbocycles. The predicted octanol–water partition coefficient (Wildman–Crippen LogP) is 2.81. The monoisotopic (exact) mass is 343 g/mol. The van der Waals surface area contributed by atoms with Gasteiger partial charge in [-0.25, -0.2) is 4.79 Å². The van der Waals surface area contributed by atoms with Gasteiger partial charge in [0.15, 0.2) is 0 Å². The van der Waals surface area contributed by atoms with Gasteiger partial charge in [-0.05, 0) is 30.5 Å². The van der Waals surface area contributed by atoms with Crippen LogP contribution in [-0.2, 0) is 11.3 Å². The van der Waals surface area contributed by atoms with Crippen LogP contribution in [0.25, 0.3) is 0 Å². The van der Waals surface area contributed by atoms with Gasteiger partial charge in [-0.2, -0.15) is 0 Å². The summed E-state index contributed by atoms with van der Waals surface area (Å²) in [5.74, 6) is 0.210. The Morgan fingerprint density at radius 2 is 2.09 bits per heavy atom. The molecule has 0 saturated carbocycles. The molecule has 3 amide bonds. The van der Waals surface area contributed by atoms with E-state index in [1.807, 2.05) is 4.90 Å². The Labute approximate surface area is 139 Å². The van der Waals surface area contributed by atoms with E-state index in [0.29, 0.717) is 36.1 Å². The molecule has 0 bridgehead atoms. The molecule has 1 heterocycles. The largest absolute Gasteiger partial charge is 0.343 e. The summed E-state index contributed by atoms with van der Waals surface area (Å²) >= 11 is 11.8. The van der Waals surface area contributed by atoms with E-state index in [0.717, 1.165) is 24.9 Å². The molecule has 5 nitrogen and oxygen atoms in total. The van der Waals surface area contributed by atoms with Crippen LogP contribution in [0.4, 0.5) is 4.79 Å². The normalized spacial score (nSPS) is 14.3. The van der Waals surface area contributed by atoms with Crippen molar-refractivity contribution < 1.29 is 9.59 Å². The van der Waals surface area contributed by atoms with Crippen LogP contribution < -0.4 is 10.6 Å². The molecule has 22 heavy (non-hydrogen) atoms. The minimum Gasteiger partial charge on any atom is -0.343 e. The maximum atomic E-state index is 11.7. The number of hydrogen-bond donors (Lipinski definition) is 2. The zero-order valence-electron chi connectivity index (χ0n) is 12.2. The molecule has 1 fully saturated rings. The van der Waals surface area contributed by atoms with Gasteiger partial charge in [-0.1, -0.05) is 29.3 Å². The Kier molecular flexibility index (Phi) is 6.34. The zero-order valence-corrected chi connectivity index (χ0v) is 13.7. The van der Waals surface area contributed by atoms with Crippen LogP contribution in [0.15, 0.2) is 18.2 Å². The Morgan fingerprint density at radius 3 is 2.77 bits per heavy atom. The van der Waals surface area contributed by atoms with Crippen molar-refractivity contribution in [3.05, 3.63) is 33.8 Å². The molecule has 1 saturated heterocycles. The molecule has 1 aliphatic rings. The van der Waals surface area contributed by atoms with Crippen molar-refractivity contribution in [2.75, 3.05) is 19.6 Å². The summed E-state index contributed by atoms with van der Waals surface area (Å²) in [6.07, 6.45) is 2.34. The Hall–Kier alpha value is -1.46. The molecule has 2 rings (SSSR count). The molecular weight excluding hydrogens is 325 g/mol. The van der Waals surface area contributed by atoms with Gasteiger partial charge in [0, 0.05) is 42.6 Å². The third kappa shape index (κ3) is 5.07. The average Bonchev–Trinajstić information content (AvgIpc) is 2.88. The molecule has 7 heteroatoms. The Morgan fingerprint density at radius 1 is 1.27 bits per heavy atom. The molecule has 0 spiro atoms. The first kappa shape index (κ1) is 16.9. The molecule has 0 radical (unpaired) electrons. The van der Waals surface area contributed by atoms with Crippen LogP contribution >= 0.6 is 23.2 Å². The van der Waals surface area contributed by atoms with Crippen LogP contribution in [0.1, 0.15) is 24.8 Å². The highest BCUT2D eigenvalue weighted by molar-refractivity contribution is 6.35. The van der Waals surface area contributed by atoms with Crippen LogP contribution in [-0.4, -0.2) is 36.5 Å². The van der Waals surface area contributed by atoms with Crippen molar-refractivity contribution in [1.29, 1.82) is 0 Å². The molecule has 0 unspecified atom stereocenters. The fraction of sp³-hybridized carbons (Fsp3) is 0.467. The standard InChI is InChI=1S/C15H19Cl2N3O2/c16-12-5-4-11(13(17)9-12)10-19-15(22)18-6-2-8-20-7-1-3-14(20)21/h4-5,9H,1-3,6-8,10H2,(H2,18,19,22). The first-order valence-electron chi connectivity index (χ1n) is 7.29. The van der Waals surface area contributed by atoms with Gasteiger partial charge < -0.3 is 15.5 Å². The fourth-order valence-corrected chi connectivity index (χ4v) is 2.79. The van der Waals surface area contributed by atoms with Crippen LogP contribution in [0.2, 0.25) is 10.0 Å². The number of hydrogen-bond acceptors (Lipinski definition) is 2. The van der Waals surface area contributed by atoms with Gasteiger partial charge in [0.2, 0.25) is 5.91 Å². The molecule has 2 N–H and O–H groups in total. The number of carbonyl (C=O) groups is 2. The summed E-state index contributed by atoms with van der Waals surface area (Å²) in [7, 11) is 0. The van der Waals surface area contributed by atoms with E-state index in [-0.39, 0.29) is 11.9 Å². The highest BCUT2D eigenvalue weighted by Crippen LogP contribution is 2.20. The molecule has 1 aromatic rings. The second kappa shape index (κ2) is 8.25. The van der Waals surface area contributed by atoms with Gasteiger partial charge in [-0.15, -0.1) is 0 Å². The summed E-state index contributed by atoms with van der Waals surface area (Å²) in [5.41, 5.74) is 0.809. The zero-order chi connectivity index (χ0) is 15.9. The highest BCUT2D eigenvalue weighted by Gasteiger charge is 2.18. The SMILES string of the molecule is O=C(NCCCN1CCCC1=O)NCc1ccc(Cl)cc1Cl. The number of carbonyl (C=O) groups excluding carboxylic acids is 2. The van der Waals surface area contributed by atoms with E-state index in [4.69, 9.17) is 23.2 Å². The van der Waals surface area contributed by atoms with Crippen molar-refractivity contribution >= 4 is 35.1 Å². The number of urea groups is 1. The molecular formula is C15H19Cl2N3O2. The lowest BCUT2D eigenvalue weighted by atomic mass is 10.2. The summed E-state index contributed by atoms with van der Waals surface area (Å²) in [6.45, 7) is 2.40. The first-order chi connectivity index (χ1) is 10.6. The van der Waals surface area contributed by atoms with Crippen molar-refractivity contribution in [1.82, 2.24) is 15.5 Å². The summed E-state index contributed by atoms with van der Waals surface area (Å²) in [4.78, 5) is 24.9. The van der Waals surface area contributed by atoms with Gasteiger partial charge in [0.25, 0.3) is 0 Å². The van der Waals surface area contributed by atoms with Crippen molar-refractivity contribution in [2.24, 2.45) is 0 Å². The van der Waals surface area contributed by atoms with Crippen molar-refractivity contribution in [3.8, 4) is 0 Å². The van der Waals surface area contributed by atoms with E-state index in [9.17, 15) is 9.59 Å². The molecule has 0 aromatic heterocycles. The highest BCUT2D eigenvalue weighted by atomic mass is 35.5. The molecule has 0 atom stereocenters. The second-order valence-corrected chi connectivity index (χ2v) is 6.03. The van der Waals surface area contributed by atoms with E-state index in [1.54, 1.807) is 18.2 Å². The second-order valence-electron chi connectivity index (χ2n) is 5.18. The van der Waals surface area contributed by atoms with Gasteiger partial charge in [0.05, 0.1) is 0 Å². The quantitative estimate of drug-likeness (QED) is 0.780. The number of nitrogens with one attached hydrogen (secondary N) is 2. The molecule has 0 aliphatic carbocycles. The van der Waals surface area contributed by atoms with Crippen LogP contribution in [0.5, 0.6) is 0 Å². The molecule has 120 valence electrons. The van der Waals surface area contributed by atoms with Crippen molar-refractivity contribution in [3.63, 3.8) is 0 Å². The van der Waals surface area contributed by atoms with Crippen molar-refractivity contribution in [2.45, 2.75) is 25.8 Å². The van der Waals surface area contributed by atoms with E-state index in [2.05, 4.69) is 10.6 Å². The number of amides is 3. The number of likely N-dealkylation sites (tertiary alicyclic amines) is 1. The Bertz CT molecular complexity index is 552. The first-order valence-corrected chi connectivity index (χ1v) is 8.05. The van der Waals surface area contributed by atoms with Gasteiger partial charge in [0.1, 0.15) is 0 Å². The fourth-order valence-electron chi connectivity index (χ4n) is 2.32. The van der Waals surface area contributed by atoms with Gasteiger partial charge >= 0.3 is 6.03 Å². The van der Waals surface area contributed by atoms with Crippen LogP contribution in [0.3, 0.4) is 0 Å². The Balaban J connectivity index is 1.62. The summed E-state index contributed by atoms with van der Waals surface area (Å²) in [5, 5.41) is 6.60. The minimum atomic E-state index is -0.251. The third-order valence-electron chi connectivity index (χ3n) is 3.52. The van der Waals surface area contributed by atoms with Gasteiger partial charge in [-0.3, -0.25) is 4.79 Å². The topological polar surface area (TPSA) is 61.4 Å². The van der Waals surface area contributed by atoms with E-state index in [1.165, 1.54) is 0 Å². The lowest BCUT2D eigenvalue weighted by Gasteiger charge is -2.15. The smallest absolute Gasteiger partial charge is 0.315 e. The third-order valence-corrected chi connectivity index (χ3v) is 4.10.